The summed E-state index contributed by atoms with van der Waals surface area (Å²) in [4.78, 5) is 18.0. The van der Waals surface area contributed by atoms with Gasteiger partial charge in [-0.25, -0.2) is 0 Å². The Hall–Kier alpha value is -1.03. The number of allylic oxidation sites excluding steroid dienone is 2. The molecule has 2 unspecified atom stereocenters. The zero-order valence-corrected chi connectivity index (χ0v) is 11.3. The second-order valence-electron chi connectivity index (χ2n) is 4.47. The van der Waals surface area contributed by atoms with Crippen molar-refractivity contribution >= 4 is 23.4 Å². The lowest BCUT2D eigenvalue weighted by molar-refractivity contribution is -0.123. The predicted molar refractivity (Wildman–Crippen MR) is 73.4 cm³/mol. The second kappa shape index (κ2) is 5.08. The van der Waals surface area contributed by atoms with E-state index in [0.717, 1.165) is 24.1 Å². The summed E-state index contributed by atoms with van der Waals surface area (Å²) in [5.41, 5.74) is 2.19. The van der Waals surface area contributed by atoms with E-state index in [1.807, 2.05) is 11.8 Å². The van der Waals surface area contributed by atoms with Crippen molar-refractivity contribution in [2.24, 2.45) is 4.99 Å². The highest BCUT2D eigenvalue weighted by Gasteiger charge is 2.30. The Morgan fingerprint density at radius 3 is 3.06 bits per heavy atom. The number of aliphatic imine (C=N–C) groups is 1. The highest BCUT2D eigenvalue weighted by Crippen LogP contribution is 2.36. The lowest BCUT2D eigenvalue weighted by Gasteiger charge is -2.16. The molecule has 0 spiro atoms. The highest BCUT2D eigenvalue weighted by molar-refractivity contribution is 8.01. The summed E-state index contributed by atoms with van der Waals surface area (Å²) in [6.07, 6.45) is 7.95. The van der Waals surface area contributed by atoms with Crippen molar-refractivity contribution in [3.8, 4) is 0 Å². The third kappa shape index (κ3) is 2.63. The third-order valence-corrected chi connectivity index (χ3v) is 4.35. The molecule has 0 radical (unpaired) electrons. The number of hydrogen-bond donors (Lipinski definition) is 0. The predicted octanol–water partition coefficient (Wildman–Crippen LogP) is 2.25. The van der Waals surface area contributed by atoms with Crippen LogP contribution in [-0.2, 0) is 4.79 Å². The first kappa shape index (κ1) is 12.4. The Bertz CT molecular complexity index is 410. The molecule has 1 aliphatic heterocycles. The van der Waals surface area contributed by atoms with Gasteiger partial charge in [-0.15, -0.1) is 11.8 Å². The molecule has 2 aliphatic rings. The van der Waals surface area contributed by atoms with Crippen molar-refractivity contribution in [2.75, 3.05) is 14.1 Å². The van der Waals surface area contributed by atoms with Crippen molar-refractivity contribution < 1.29 is 4.79 Å². The number of carbonyl (C=O) groups is 1. The molecule has 17 heavy (non-hydrogen) atoms. The van der Waals surface area contributed by atoms with Crippen LogP contribution in [0.25, 0.3) is 0 Å². The second-order valence-corrected chi connectivity index (χ2v) is 5.79. The summed E-state index contributed by atoms with van der Waals surface area (Å²) in [7, 11) is 3.55. The molecule has 4 heteroatoms. The van der Waals surface area contributed by atoms with Crippen molar-refractivity contribution in [1.29, 1.82) is 0 Å². The molecule has 0 aromatic carbocycles. The van der Waals surface area contributed by atoms with E-state index in [9.17, 15) is 4.79 Å². The Morgan fingerprint density at radius 2 is 2.41 bits per heavy atom. The summed E-state index contributed by atoms with van der Waals surface area (Å²) in [6, 6.07) is 0. The van der Waals surface area contributed by atoms with Gasteiger partial charge in [0.2, 0.25) is 5.91 Å². The number of amides is 1. The standard InChI is InChI=1S/C13H18N2OS/c1-4-11-14-13-9(8-12(16)15(2)3)6-5-7-10(13)17-11/h5,7-8,10-11H,4,6H2,1-3H3. The molecule has 0 fully saturated rings. The maximum absolute atomic E-state index is 11.7. The first-order chi connectivity index (χ1) is 8.11. The summed E-state index contributed by atoms with van der Waals surface area (Å²) in [6.45, 7) is 2.15. The minimum atomic E-state index is 0.0432. The summed E-state index contributed by atoms with van der Waals surface area (Å²) in [5, 5.41) is 0.713. The first-order valence-electron chi connectivity index (χ1n) is 5.94. The average Bonchev–Trinajstić information content (AvgIpc) is 2.72. The Balaban J connectivity index is 2.24. The molecule has 0 bridgehead atoms. The summed E-state index contributed by atoms with van der Waals surface area (Å²) < 4.78 is 0. The third-order valence-electron chi connectivity index (χ3n) is 2.92. The van der Waals surface area contributed by atoms with Gasteiger partial charge in [-0.2, -0.15) is 0 Å². The SMILES string of the molecule is CCC1N=C2C(=CC(=O)N(C)C)CC=CC2S1. The van der Waals surface area contributed by atoms with Crippen LogP contribution in [0.2, 0.25) is 0 Å². The Morgan fingerprint density at radius 1 is 1.65 bits per heavy atom. The van der Waals surface area contributed by atoms with E-state index in [0.29, 0.717) is 10.6 Å². The first-order valence-corrected chi connectivity index (χ1v) is 6.88. The fourth-order valence-electron chi connectivity index (χ4n) is 1.92. The van der Waals surface area contributed by atoms with Gasteiger partial charge in [-0.05, 0) is 18.4 Å². The van der Waals surface area contributed by atoms with Gasteiger partial charge in [-0.3, -0.25) is 9.79 Å². The monoisotopic (exact) mass is 250 g/mol. The van der Waals surface area contributed by atoms with Crippen LogP contribution in [0.5, 0.6) is 0 Å². The van der Waals surface area contributed by atoms with Crippen LogP contribution in [0, 0.1) is 0 Å². The van der Waals surface area contributed by atoms with E-state index < -0.39 is 0 Å². The van der Waals surface area contributed by atoms with Crippen LogP contribution in [0.15, 0.2) is 28.8 Å². The van der Waals surface area contributed by atoms with Crippen LogP contribution in [-0.4, -0.2) is 41.2 Å². The fraction of sp³-hybridized carbons (Fsp3) is 0.538. The summed E-state index contributed by atoms with van der Waals surface area (Å²) in [5.74, 6) is 0.0432. The van der Waals surface area contributed by atoms with Gasteiger partial charge in [0, 0.05) is 20.2 Å². The smallest absolute Gasteiger partial charge is 0.246 e. The molecule has 0 saturated heterocycles. The van der Waals surface area contributed by atoms with E-state index >= 15 is 0 Å². The molecule has 2 atom stereocenters. The van der Waals surface area contributed by atoms with Crippen molar-refractivity contribution in [3.05, 3.63) is 23.8 Å². The van der Waals surface area contributed by atoms with Gasteiger partial charge >= 0.3 is 0 Å². The molecule has 0 aromatic rings. The van der Waals surface area contributed by atoms with E-state index in [1.54, 1.807) is 25.1 Å². The minimum Gasteiger partial charge on any atom is -0.345 e. The van der Waals surface area contributed by atoms with Gasteiger partial charge < -0.3 is 4.90 Å². The maximum Gasteiger partial charge on any atom is 0.246 e. The molecule has 2 rings (SSSR count). The Kier molecular flexibility index (Phi) is 3.72. The van der Waals surface area contributed by atoms with Crippen molar-refractivity contribution in [3.63, 3.8) is 0 Å². The van der Waals surface area contributed by atoms with E-state index in [2.05, 4.69) is 19.1 Å². The molecule has 92 valence electrons. The van der Waals surface area contributed by atoms with E-state index in [4.69, 9.17) is 4.99 Å². The number of fused-ring (bicyclic) bond motifs is 1. The van der Waals surface area contributed by atoms with Gasteiger partial charge in [0.05, 0.1) is 16.3 Å². The van der Waals surface area contributed by atoms with Crippen LogP contribution >= 0.6 is 11.8 Å². The largest absolute Gasteiger partial charge is 0.345 e. The van der Waals surface area contributed by atoms with Crippen molar-refractivity contribution in [2.45, 2.75) is 30.4 Å². The average molecular weight is 250 g/mol. The molecule has 1 aliphatic carbocycles. The van der Waals surface area contributed by atoms with Gasteiger partial charge in [0.25, 0.3) is 0 Å². The number of thioether (sulfide) groups is 1. The topological polar surface area (TPSA) is 32.7 Å². The zero-order valence-electron chi connectivity index (χ0n) is 10.5. The molecule has 1 amide bonds. The maximum atomic E-state index is 11.7. The lowest BCUT2D eigenvalue weighted by atomic mass is 9.97. The van der Waals surface area contributed by atoms with E-state index in [-0.39, 0.29) is 5.91 Å². The summed E-state index contributed by atoms with van der Waals surface area (Å²) >= 11 is 1.88. The van der Waals surface area contributed by atoms with Crippen LogP contribution in [0.4, 0.5) is 0 Å². The van der Waals surface area contributed by atoms with Gasteiger partial charge in [0.1, 0.15) is 0 Å². The molecular weight excluding hydrogens is 232 g/mol. The van der Waals surface area contributed by atoms with Crippen LogP contribution < -0.4 is 0 Å². The lowest BCUT2D eigenvalue weighted by Crippen LogP contribution is -2.23. The van der Waals surface area contributed by atoms with Crippen LogP contribution in [0.3, 0.4) is 0 Å². The van der Waals surface area contributed by atoms with Gasteiger partial charge in [0.15, 0.2) is 0 Å². The number of rotatable bonds is 2. The molecular formula is C13H18N2OS. The normalized spacial score (nSPS) is 29.1. The van der Waals surface area contributed by atoms with Crippen LogP contribution in [0.1, 0.15) is 19.8 Å². The van der Waals surface area contributed by atoms with E-state index in [1.165, 1.54) is 0 Å². The quantitative estimate of drug-likeness (QED) is 0.556. The molecule has 0 N–H and O–H groups in total. The number of nitrogens with zero attached hydrogens (tertiary/aromatic N) is 2. The molecule has 3 nitrogen and oxygen atoms in total. The van der Waals surface area contributed by atoms with Crippen molar-refractivity contribution in [1.82, 2.24) is 4.90 Å². The number of likely N-dealkylation sites (N-methyl/N-ethyl adjacent to an activating group) is 1. The minimum absolute atomic E-state index is 0.0432. The molecule has 0 saturated carbocycles. The number of carbonyl (C=O) groups excluding carboxylic acids is 1. The number of hydrogen-bond acceptors (Lipinski definition) is 3. The molecule has 1 heterocycles. The van der Waals surface area contributed by atoms with Gasteiger partial charge in [-0.1, -0.05) is 19.1 Å². The molecule has 0 aromatic heterocycles. The fourth-order valence-corrected chi connectivity index (χ4v) is 3.16. The zero-order chi connectivity index (χ0) is 12.4. The Labute approximate surface area is 107 Å². The highest BCUT2D eigenvalue weighted by atomic mass is 32.2.